The fourth-order valence-corrected chi connectivity index (χ4v) is 3.71. The van der Waals surface area contributed by atoms with Gasteiger partial charge in [0.1, 0.15) is 0 Å². The molecule has 0 heterocycles. The van der Waals surface area contributed by atoms with E-state index in [1.54, 1.807) is 7.11 Å². The molecule has 0 aromatic heterocycles. The van der Waals surface area contributed by atoms with E-state index in [9.17, 15) is 0 Å². The molecule has 0 saturated carbocycles. The van der Waals surface area contributed by atoms with Crippen LogP contribution in [0.15, 0.2) is 0 Å². The highest BCUT2D eigenvalue weighted by molar-refractivity contribution is 6.66. The van der Waals surface area contributed by atoms with Crippen LogP contribution in [0, 0.1) is 0 Å². The number of rotatable bonds is 8. The quantitative estimate of drug-likeness (QED) is 0.450. The Labute approximate surface area is 82.6 Å². The number of ether oxygens (including phenoxy) is 1. The third-order valence-electron chi connectivity index (χ3n) is 1.88. The maximum absolute atomic E-state index is 5.68. The van der Waals surface area contributed by atoms with Gasteiger partial charge in [-0.3, -0.25) is 0 Å². The summed E-state index contributed by atoms with van der Waals surface area (Å²) in [6.07, 6.45) is 1.03. The van der Waals surface area contributed by atoms with Crippen molar-refractivity contribution in [2.45, 2.75) is 32.9 Å². The minimum Gasteiger partial charge on any atom is -0.395 e. The molecule has 3 nitrogen and oxygen atoms in total. The summed E-state index contributed by atoms with van der Waals surface area (Å²) in [5, 5.41) is 0. The Hall–Kier alpha value is 0.0969. The zero-order valence-corrected chi connectivity index (χ0v) is 10.3. The van der Waals surface area contributed by atoms with Crippen molar-refractivity contribution in [2.75, 3.05) is 26.9 Å². The standard InChI is InChI=1S/C9H22O3Si/c1-5-11-13(4,12-6-2)9-7-8-10-3/h5-9H2,1-4H3. The van der Waals surface area contributed by atoms with E-state index in [-0.39, 0.29) is 0 Å². The molecule has 0 fully saturated rings. The Balaban J connectivity index is 3.76. The van der Waals surface area contributed by atoms with Gasteiger partial charge in [-0.1, -0.05) is 0 Å². The molecule has 0 aliphatic rings. The molecule has 4 heteroatoms. The Bertz CT molecular complexity index is 113. The van der Waals surface area contributed by atoms with E-state index in [0.717, 1.165) is 32.3 Å². The first-order valence-corrected chi connectivity index (χ1v) is 7.47. The molecule has 0 spiro atoms. The van der Waals surface area contributed by atoms with Gasteiger partial charge in [0.15, 0.2) is 0 Å². The number of hydrogen-bond donors (Lipinski definition) is 0. The zero-order valence-electron chi connectivity index (χ0n) is 9.26. The number of methoxy groups -OCH3 is 1. The molecular weight excluding hydrogens is 184 g/mol. The van der Waals surface area contributed by atoms with E-state index in [4.69, 9.17) is 13.6 Å². The topological polar surface area (TPSA) is 27.7 Å². The molecule has 0 amide bonds. The van der Waals surface area contributed by atoms with Gasteiger partial charge in [0.2, 0.25) is 0 Å². The van der Waals surface area contributed by atoms with Crippen LogP contribution < -0.4 is 0 Å². The van der Waals surface area contributed by atoms with Crippen LogP contribution in [0.3, 0.4) is 0 Å². The largest absolute Gasteiger partial charge is 0.395 e. The molecule has 0 N–H and O–H groups in total. The molecule has 0 aliphatic carbocycles. The minimum absolute atomic E-state index is 0.746. The maximum Gasteiger partial charge on any atom is 0.334 e. The Morgan fingerprint density at radius 3 is 2.00 bits per heavy atom. The Kier molecular flexibility index (Phi) is 7.55. The molecule has 0 rings (SSSR count). The van der Waals surface area contributed by atoms with Crippen LogP contribution in [0.4, 0.5) is 0 Å². The smallest absolute Gasteiger partial charge is 0.334 e. The SMILES string of the molecule is CCO[Si](C)(CCCOC)OCC. The predicted molar refractivity (Wildman–Crippen MR) is 56.2 cm³/mol. The van der Waals surface area contributed by atoms with Crippen LogP contribution in [-0.4, -0.2) is 35.5 Å². The van der Waals surface area contributed by atoms with Crippen molar-refractivity contribution in [3.8, 4) is 0 Å². The minimum atomic E-state index is -1.87. The van der Waals surface area contributed by atoms with Crippen LogP contribution in [-0.2, 0) is 13.6 Å². The van der Waals surface area contributed by atoms with Crippen LogP contribution in [0.1, 0.15) is 20.3 Å². The molecule has 13 heavy (non-hydrogen) atoms. The lowest BCUT2D eigenvalue weighted by Gasteiger charge is -2.25. The van der Waals surface area contributed by atoms with Crippen LogP contribution >= 0.6 is 0 Å². The highest BCUT2D eigenvalue weighted by Crippen LogP contribution is 2.15. The van der Waals surface area contributed by atoms with E-state index in [1.165, 1.54) is 0 Å². The molecule has 80 valence electrons. The predicted octanol–water partition coefficient (Wildman–Crippen LogP) is 2.17. The van der Waals surface area contributed by atoms with E-state index < -0.39 is 8.56 Å². The summed E-state index contributed by atoms with van der Waals surface area (Å²) in [7, 11) is -0.144. The van der Waals surface area contributed by atoms with Crippen molar-refractivity contribution < 1.29 is 13.6 Å². The van der Waals surface area contributed by atoms with Crippen LogP contribution in [0.2, 0.25) is 12.6 Å². The average Bonchev–Trinajstić information content (AvgIpc) is 2.05. The van der Waals surface area contributed by atoms with E-state index in [2.05, 4.69) is 6.55 Å². The van der Waals surface area contributed by atoms with Crippen molar-refractivity contribution in [2.24, 2.45) is 0 Å². The second-order valence-corrected chi connectivity index (χ2v) is 6.44. The van der Waals surface area contributed by atoms with Crippen LogP contribution in [0.25, 0.3) is 0 Å². The summed E-state index contributed by atoms with van der Waals surface area (Å²) in [5.41, 5.74) is 0. The summed E-state index contributed by atoms with van der Waals surface area (Å²) < 4.78 is 16.4. The highest BCUT2D eigenvalue weighted by atomic mass is 28.4. The molecule has 0 saturated heterocycles. The van der Waals surface area contributed by atoms with Crippen molar-refractivity contribution >= 4 is 8.56 Å². The van der Waals surface area contributed by atoms with Gasteiger partial charge in [0, 0.05) is 26.9 Å². The summed E-state index contributed by atoms with van der Waals surface area (Å²) in [6, 6.07) is 1.02. The van der Waals surface area contributed by atoms with Crippen molar-refractivity contribution in [3.05, 3.63) is 0 Å². The lowest BCUT2D eigenvalue weighted by atomic mass is 10.5. The van der Waals surface area contributed by atoms with Crippen molar-refractivity contribution in [1.82, 2.24) is 0 Å². The van der Waals surface area contributed by atoms with Gasteiger partial charge in [0.25, 0.3) is 0 Å². The molecular formula is C9H22O3Si. The van der Waals surface area contributed by atoms with Crippen molar-refractivity contribution in [3.63, 3.8) is 0 Å². The van der Waals surface area contributed by atoms with Gasteiger partial charge < -0.3 is 13.6 Å². The van der Waals surface area contributed by atoms with E-state index in [0.29, 0.717) is 0 Å². The fraction of sp³-hybridized carbons (Fsp3) is 1.00. The van der Waals surface area contributed by atoms with E-state index in [1.807, 2.05) is 13.8 Å². The highest BCUT2D eigenvalue weighted by Gasteiger charge is 2.29. The molecule has 0 unspecified atom stereocenters. The first kappa shape index (κ1) is 13.1. The summed E-state index contributed by atoms with van der Waals surface area (Å²) >= 11 is 0. The second-order valence-electron chi connectivity index (χ2n) is 3.10. The van der Waals surface area contributed by atoms with Gasteiger partial charge in [-0.25, -0.2) is 0 Å². The summed E-state index contributed by atoms with van der Waals surface area (Å²) in [5.74, 6) is 0. The lowest BCUT2D eigenvalue weighted by Crippen LogP contribution is -2.38. The summed E-state index contributed by atoms with van der Waals surface area (Å²) in [6.45, 7) is 8.44. The molecule has 0 radical (unpaired) electrons. The number of hydrogen-bond acceptors (Lipinski definition) is 3. The third-order valence-corrected chi connectivity index (χ3v) is 4.94. The summed E-state index contributed by atoms with van der Waals surface area (Å²) in [4.78, 5) is 0. The lowest BCUT2D eigenvalue weighted by molar-refractivity contribution is 0.172. The molecule has 0 bridgehead atoms. The Morgan fingerprint density at radius 2 is 1.62 bits per heavy atom. The van der Waals surface area contributed by atoms with Gasteiger partial charge in [-0.15, -0.1) is 0 Å². The average molecular weight is 206 g/mol. The maximum atomic E-state index is 5.68. The van der Waals surface area contributed by atoms with Gasteiger partial charge in [-0.05, 0) is 32.9 Å². The van der Waals surface area contributed by atoms with Crippen LogP contribution in [0.5, 0.6) is 0 Å². The third kappa shape index (κ3) is 6.21. The first-order chi connectivity index (χ1) is 6.18. The molecule has 0 aliphatic heterocycles. The van der Waals surface area contributed by atoms with Gasteiger partial charge >= 0.3 is 8.56 Å². The Morgan fingerprint density at radius 1 is 1.08 bits per heavy atom. The van der Waals surface area contributed by atoms with Gasteiger partial charge in [0.05, 0.1) is 0 Å². The molecule has 0 aromatic rings. The molecule has 0 aromatic carbocycles. The second kappa shape index (κ2) is 7.50. The monoisotopic (exact) mass is 206 g/mol. The first-order valence-electron chi connectivity index (χ1n) is 4.95. The normalized spacial score (nSPS) is 12.0. The fourth-order valence-electron chi connectivity index (χ4n) is 1.33. The molecule has 0 atom stereocenters. The zero-order chi connectivity index (χ0) is 10.2. The van der Waals surface area contributed by atoms with E-state index >= 15 is 0 Å². The van der Waals surface area contributed by atoms with Gasteiger partial charge in [-0.2, -0.15) is 0 Å². The van der Waals surface area contributed by atoms with Crippen molar-refractivity contribution in [1.29, 1.82) is 0 Å².